The molecule has 6 rings (SSSR count). The maximum absolute atomic E-state index is 12.5. The van der Waals surface area contributed by atoms with Gasteiger partial charge in [-0.15, -0.1) is 0 Å². The van der Waals surface area contributed by atoms with E-state index in [9.17, 15) is 18.0 Å². The highest BCUT2D eigenvalue weighted by molar-refractivity contribution is 7.86. The number of esters is 2. The lowest BCUT2D eigenvalue weighted by molar-refractivity contribution is -0.156. The molecule has 0 aliphatic heterocycles. The molecule has 0 amide bonds. The molecule has 3 heterocycles. The quantitative estimate of drug-likeness (QED) is 0.0575. The molecule has 16 nitrogen and oxygen atoms in total. The Bertz CT molecular complexity index is 2190. The van der Waals surface area contributed by atoms with Crippen LogP contribution in [0.25, 0.3) is 0 Å². The molecule has 2 aliphatic rings. The van der Waals surface area contributed by atoms with E-state index in [4.69, 9.17) is 22.7 Å². The van der Waals surface area contributed by atoms with Crippen molar-refractivity contribution in [3.05, 3.63) is 65.5 Å². The number of nitrogens with one attached hydrogen (secondary N) is 1. The van der Waals surface area contributed by atoms with Gasteiger partial charge in [-0.25, -0.2) is 0 Å². The van der Waals surface area contributed by atoms with E-state index in [1.165, 1.54) is 82.8 Å². The number of hydrogen-bond donors (Lipinski definition) is 1. The summed E-state index contributed by atoms with van der Waals surface area (Å²) in [4.78, 5) is 34.1. The van der Waals surface area contributed by atoms with E-state index in [-0.39, 0.29) is 53.9 Å². The highest BCUT2D eigenvalue weighted by Gasteiger charge is 2.29. The summed E-state index contributed by atoms with van der Waals surface area (Å²) in [6.07, 6.45) is 21.3. The lowest BCUT2D eigenvalue weighted by Gasteiger charge is -2.23. The zero-order chi connectivity index (χ0) is 48.5. The van der Waals surface area contributed by atoms with E-state index in [0.717, 1.165) is 61.9 Å². The number of anilines is 1. The van der Waals surface area contributed by atoms with Gasteiger partial charge >= 0.3 is 11.9 Å². The molecule has 0 unspecified atom stereocenters. The summed E-state index contributed by atoms with van der Waals surface area (Å²) < 4.78 is 54.0. The summed E-state index contributed by atoms with van der Waals surface area (Å²) in [5.41, 5.74) is -0.135. The van der Waals surface area contributed by atoms with Crippen molar-refractivity contribution in [2.45, 2.75) is 219 Å². The predicted molar refractivity (Wildman–Crippen MR) is 254 cm³/mol. The minimum Gasteiger partial charge on any atom is -0.460 e. The van der Waals surface area contributed by atoms with Crippen LogP contribution in [0, 0.1) is 18.8 Å². The van der Waals surface area contributed by atoms with Crippen molar-refractivity contribution in [2.24, 2.45) is 11.8 Å². The minimum absolute atomic E-state index is 0.0670. The summed E-state index contributed by atoms with van der Waals surface area (Å²) >= 11 is 0. The molecule has 0 radical (unpaired) electrons. The Hall–Kier alpha value is -4.64. The Kier molecular flexibility index (Phi) is 20.4. The fraction of sp³-hybridized carbons (Fsp3) is 0.700. The van der Waals surface area contributed by atoms with Crippen LogP contribution >= 0.6 is 0 Å². The standard InChI is InChI=1S/C26H38N2O6S.C24H39N5O3/c1-19-13-15-22(16-14-19)35(30,31)32-18-23-27-25(34-28-23)21(17-24(29)33-26(2,3)4)12-8-11-20-9-6-5-7-10-20;1-5-29-21(14-15-26-29)25-17-20-27-23(32-28-20)19(16-22(30)31-24(2,3)4)13-9-12-18-10-7-6-8-11-18/h13-16,20-21H,5-12,17-18H2,1-4H3;14-15,18-19,25H,5-13,16-17H2,1-4H3/t21-;19-/m11/s1. The van der Waals surface area contributed by atoms with Gasteiger partial charge in [-0.1, -0.05) is 118 Å². The van der Waals surface area contributed by atoms with Gasteiger partial charge in [0.05, 0.1) is 30.5 Å². The average molecular weight is 952 g/mol. The number of nitrogens with zero attached hydrogens (tertiary/aromatic N) is 6. The van der Waals surface area contributed by atoms with Crippen LogP contribution in [-0.4, -0.2) is 61.6 Å². The number of carbonyl (C=O) groups is 2. The summed E-state index contributed by atoms with van der Waals surface area (Å²) in [5, 5.41) is 15.6. The van der Waals surface area contributed by atoms with Crippen molar-refractivity contribution in [3.63, 3.8) is 0 Å². The van der Waals surface area contributed by atoms with Crippen LogP contribution in [0.5, 0.6) is 0 Å². The normalized spacial score (nSPS) is 16.2. The van der Waals surface area contributed by atoms with Crippen LogP contribution in [0.2, 0.25) is 0 Å². The van der Waals surface area contributed by atoms with Gasteiger partial charge in [-0.2, -0.15) is 23.5 Å². The first kappa shape index (κ1) is 53.3. The maximum Gasteiger partial charge on any atom is 0.307 e. The van der Waals surface area contributed by atoms with Gasteiger partial charge in [0.15, 0.2) is 11.6 Å². The van der Waals surface area contributed by atoms with Crippen LogP contribution in [0.1, 0.15) is 205 Å². The fourth-order valence-electron chi connectivity index (χ4n) is 8.86. The van der Waals surface area contributed by atoms with Crippen molar-refractivity contribution in [1.29, 1.82) is 0 Å². The maximum atomic E-state index is 12.5. The Labute approximate surface area is 398 Å². The number of aromatic nitrogens is 6. The highest BCUT2D eigenvalue weighted by atomic mass is 32.2. The van der Waals surface area contributed by atoms with Crippen LogP contribution in [-0.2, 0) is 53.1 Å². The predicted octanol–water partition coefficient (Wildman–Crippen LogP) is 11.3. The molecule has 67 heavy (non-hydrogen) atoms. The van der Waals surface area contributed by atoms with E-state index >= 15 is 0 Å². The highest BCUT2D eigenvalue weighted by Crippen LogP contribution is 2.33. The first-order valence-electron chi connectivity index (χ1n) is 24.7. The van der Waals surface area contributed by atoms with E-state index in [2.05, 4.69) is 30.7 Å². The van der Waals surface area contributed by atoms with Crippen LogP contribution < -0.4 is 5.32 Å². The molecule has 2 saturated carbocycles. The Morgan fingerprint density at radius 3 is 1.73 bits per heavy atom. The molecule has 17 heteroatoms. The molecule has 0 bridgehead atoms. The van der Waals surface area contributed by atoms with Gasteiger partial charge in [0.2, 0.25) is 11.8 Å². The number of rotatable bonds is 22. The Morgan fingerprint density at radius 1 is 0.746 bits per heavy atom. The number of ether oxygens (including phenoxy) is 2. The van der Waals surface area contributed by atoms with Crippen molar-refractivity contribution in [3.8, 4) is 0 Å². The second-order valence-electron chi connectivity index (χ2n) is 20.4. The summed E-state index contributed by atoms with van der Waals surface area (Å²) in [6.45, 7) is 16.0. The smallest absolute Gasteiger partial charge is 0.307 e. The molecule has 2 fully saturated rings. The molecule has 1 aromatic carbocycles. The lowest BCUT2D eigenvalue weighted by Crippen LogP contribution is -2.25. The van der Waals surface area contributed by atoms with Crippen LogP contribution in [0.3, 0.4) is 0 Å². The molecule has 372 valence electrons. The third-order valence-electron chi connectivity index (χ3n) is 12.2. The largest absolute Gasteiger partial charge is 0.460 e. The zero-order valence-corrected chi connectivity index (χ0v) is 42.2. The molecule has 3 aromatic heterocycles. The fourth-order valence-corrected chi connectivity index (χ4v) is 9.72. The van der Waals surface area contributed by atoms with Gasteiger partial charge in [-0.05, 0) is 92.2 Å². The lowest BCUT2D eigenvalue weighted by atomic mass is 9.84. The SMILES string of the molecule is CCn1nccc1NCc1noc([C@H](CCCC2CCCCC2)CC(=O)OC(C)(C)C)n1.Cc1ccc(S(=O)(=O)OCc2noc([C@H](CCCC3CCCCC3)CC(=O)OC(C)(C)C)n2)cc1. The molecule has 2 atom stereocenters. The molecule has 4 aromatic rings. The third kappa shape index (κ3) is 19.1. The molecule has 1 N–H and O–H groups in total. The van der Waals surface area contributed by atoms with Gasteiger partial charge in [0, 0.05) is 24.4 Å². The third-order valence-corrected chi connectivity index (χ3v) is 13.5. The summed E-state index contributed by atoms with van der Waals surface area (Å²) in [5.74, 6) is 3.06. The summed E-state index contributed by atoms with van der Waals surface area (Å²) in [7, 11) is -3.95. The molecule has 0 spiro atoms. The van der Waals surface area contributed by atoms with Gasteiger partial charge in [0.25, 0.3) is 10.1 Å². The second-order valence-corrected chi connectivity index (χ2v) is 22.0. The average Bonchev–Trinajstić information content (AvgIpc) is 4.06. The van der Waals surface area contributed by atoms with Gasteiger partial charge in [0.1, 0.15) is 23.6 Å². The summed E-state index contributed by atoms with van der Waals surface area (Å²) in [6, 6.07) is 8.32. The van der Waals surface area contributed by atoms with Crippen LogP contribution in [0.15, 0.2) is 50.5 Å². The topological polar surface area (TPSA) is 204 Å². The van der Waals surface area contributed by atoms with Gasteiger partial charge < -0.3 is 23.8 Å². The zero-order valence-electron chi connectivity index (χ0n) is 41.4. The Balaban J connectivity index is 0.000000252. The van der Waals surface area contributed by atoms with E-state index in [1.807, 2.05) is 66.1 Å². The molecular formula is C50H77N7O9S. The number of benzene rings is 1. The molecule has 0 saturated heterocycles. The first-order chi connectivity index (χ1) is 31.9. The Morgan fingerprint density at radius 2 is 1.24 bits per heavy atom. The number of aryl methyl sites for hydroxylation is 2. The molecular weight excluding hydrogens is 875 g/mol. The van der Waals surface area contributed by atoms with Crippen molar-refractivity contribution in [1.82, 2.24) is 30.1 Å². The first-order valence-corrected chi connectivity index (χ1v) is 26.1. The number of carbonyl (C=O) groups excluding carboxylic acids is 2. The van der Waals surface area contributed by atoms with Crippen LogP contribution in [0.4, 0.5) is 5.82 Å². The number of hydrogen-bond acceptors (Lipinski definition) is 15. The van der Waals surface area contributed by atoms with Crippen molar-refractivity contribution >= 4 is 27.9 Å². The monoisotopic (exact) mass is 952 g/mol. The molecule has 2 aliphatic carbocycles. The van der Waals surface area contributed by atoms with E-state index in [1.54, 1.807) is 18.3 Å². The van der Waals surface area contributed by atoms with Crippen molar-refractivity contribution < 1.29 is 40.7 Å². The second kappa shape index (κ2) is 25.6. The minimum atomic E-state index is -3.95. The van der Waals surface area contributed by atoms with Crippen molar-refractivity contribution in [2.75, 3.05) is 5.32 Å². The van der Waals surface area contributed by atoms with E-state index < -0.39 is 21.3 Å². The van der Waals surface area contributed by atoms with Gasteiger partial charge in [-0.3, -0.25) is 18.5 Å². The van der Waals surface area contributed by atoms with E-state index in [0.29, 0.717) is 24.2 Å².